The normalized spacial score (nSPS) is 14.0. The summed E-state index contributed by atoms with van der Waals surface area (Å²) in [7, 11) is 0. The van der Waals surface area contributed by atoms with E-state index in [0.29, 0.717) is 29.4 Å². The molecule has 0 amide bonds. The Kier molecular flexibility index (Phi) is 2.61. The van der Waals surface area contributed by atoms with Gasteiger partial charge in [0.1, 0.15) is 11.8 Å². The molecule has 0 unspecified atom stereocenters. The predicted octanol–water partition coefficient (Wildman–Crippen LogP) is 2.33. The molecule has 1 fully saturated rings. The monoisotopic (exact) mass is 197 g/mol. The molecule has 0 N–H and O–H groups in total. The summed E-state index contributed by atoms with van der Waals surface area (Å²) in [5.74, 6) is 3.83. The molecule has 1 aliphatic rings. The molecule has 0 atom stereocenters. The highest BCUT2D eigenvalue weighted by Crippen LogP contribution is 2.30. The molecule has 15 heavy (non-hydrogen) atoms. The maximum Gasteiger partial charge on any atom is 0.137 e. The molecule has 1 saturated carbocycles. The van der Waals surface area contributed by atoms with E-state index in [9.17, 15) is 0 Å². The highest BCUT2D eigenvalue weighted by molar-refractivity contribution is 5.49. The molecule has 1 aromatic rings. The number of ether oxygens (including phenoxy) is 1. The minimum absolute atomic E-state index is 0.520. The molecule has 2 nitrogen and oxygen atoms in total. The van der Waals surface area contributed by atoms with Gasteiger partial charge in [0.25, 0.3) is 0 Å². The van der Waals surface area contributed by atoms with Crippen molar-refractivity contribution >= 4 is 0 Å². The molecule has 0 bridgehead atoms. The van der Waals surface area contributed by atoms with Crippen LogP contribution < -0.4 is 4.74 Å². The van der Waals surface area contributed by atoms with Crippen molar-refractivity contribution in [2.24, 2.45) is 5.92 Å². The Labute approximate surface area is 89.5 Å². The van der Waals surface area contributed by atoms with E-state index in [-0.39, 0.29) is 0 Å². The van der Waals surface area contributed by atoms with Crippen molar-refractivity contribution in [3.05, 3.63) is 29.3 Å². The Morgan fingerprint density at radius 2 is 2.27 bits per heavy atom. The van der Waals surface area contributed by atoms with Gasteiger partial charge in [0.15, 0.2) is 0 Å². The SMILES string of the molecule is C#Cc1ccc(OCC2CC2)c(C#N)c1. The van der Waals surface area contributed by atoms with Gasteiger partial charge < -0.3 is 4.74 Å². The highest BCUT2D eigenvalue weighted by atomic mass is 16.5. The van der Waals surface area contributed by atoms with E-state index in [1.165, 1.54) is 12.8 Å². The van der Waals surface area contributed by atoms with Crippen molar-refractivity contribution in [1.82, 2.24) is 0 Å². The van der Waals surface area contributed by atoms with Gasteiger partial charge in [0, 0.05) is 5.56 Å². The molecule has 0 saturated heterocycles. The van der Waals surface area contributed by atoms with Gasteiger partial charge in [0.2, 0.25) is 0 Å². The van der Waals surface area contributed by atoms with Gasteiger partial charge in [-0.1, -0.05) is 5.92 Å². The van der Waals surface area contributed by atoms with E-state index in [2.05, 4.69) is 12.0 Å². The van der Waals surface area contributed by atoms with Crippen LogP contribution in [0.3, 0.4) is 0 Å². The van der Waals surface area contributed by atoms with Crippen LogP contribution in [0.25, 0.3) is 0 Å². The van der Waals surface area contributed by atoms with Crippen molar-refractivity contribution in [2.75, 3.05) is 6.61 Å². The van der Waals surface area contributed by atoms with Gasteiger partial charge in [-0.05, 0) is 37.0 Å². The van der Waals surface area contributed by atoms with Crippen LogP contribution >= 0.6 is 0 Å². The molecule has 2 rings (SSSR count). The number of rotatable bonds is 3. The van der Waals surface area contributed by atoms with Crippen molar-refractivity contribution in [1.29, 1.82) is 5.26 Å². The second-order valence-electron chi connectivity index (χ2n) is 3.72. The average molecular weight is 197 g/mol. The first kappa shape index (κ1) is 9.62. The van der Waals surface area contributed by atoms with Crippen molar-refractivity contribution in [3.8, 4) is 24.2 Å². The molecule has 0 radical (unpaired) electrons. The minimum Gasteiger partial charge on any atom is -0.492 e. The van der Waals surface area contributed by atoms with Crippen LogP contribution in [0.5, 0.6) is 5.75 Å². The molecular weight excluding hydrogens is 186 g/mol. The lowest BCUT2D eigenvalue weighted by atomic mass is 10.1. The molecular formula is C13H11NO. The quantitative estimate of drug-likeness (QED) is 0.697. The van der Waals surface area contributed by atoms with Gasteiger partial charge in [-0.3, -0.25) is 0 Å². The second-order valence-corrected chi connectivity index (χ2v) is 3.72. The Morgan fingerprint density at radius 1 is 1.47 bits per heavy atom. The summed E-state index contributed by atoms with van der Waals surface area (Å²) in [5, 5.41) is 8.92. The largest absolute Gasteiger partial charge is 0.492 e. The smallest absolute Gasteiger partial charge is 0.137 e. The van der Waals surface area contributed by atoms with Gasteiger partial charge in [0.05, 0.1) is 12.2 Å². The molecule has 0 spiro atoms. The Bertz CT molecular complexity index is 447. The predicted molar refractivity (Wildman–Crippen MR) is 57.3 cm³/mol. The first-order valence-electron chi connectivity index (χ1n) is 4.97. The van der Waals surface area contributed by atoms with Crippen LogP contribution in [0.15, 0.2) is 18.2 Å². The van der Waals surface area contributed by atoms with Gasteiger partial charge in [-0.25, -0.2) is 0 Å². The van der Waals surface area contributed by atoms with E-state index < -0.39 is 0 Å². The molecule has 0 aromatic heterocycles. The molecule has 0 heterocycles. The fraction of sp³-hybridized carbons (Fsp3) is 0.308. The molecule has 2 heteroatoms. The minimum atomic E-state index is 0.520. The third-order valence-electron chi connectivity index (χ3n) is 2.44. The first-order valence-corrected chi connectivity index (χ1v) is 4.97. The van der Waals surface area contributed by atoms with Crippen molar-refractivity contribution in [3.63, 3.8) is 0 Å². The van der Waals surface area contributed by atoms with Gasteiger partial charge in [-0.15, -0.1) is 6.42 Å². The average Bonchev–Trinajstić information content (AvgIpc) is 3.10. The zero-order valence-corrected chi connectivity index (χ0v) is 8.36. The van der Waals surface area contributed by atoms with Crippen LogP contribution in [0.2, 0.25) is 0 Å². The number of terminal acetylenes is 1. The van der Waals surface area contributed by atoms with Crippen LogP contribution in [0.1, 0.15) is 24.0 Å². The third kappa shape index (κ3) is 2.30. The number of nitriles is 1. The lowest BCUT2D eigenvalue weighted by Crippen LogP contribution is -2.00. The standard InChI is InChI=1S/C13H11NO/c1-2-10-5-6-13(12(7-10)8-14)15-9-11-3-4-11/h1,5-7,11H,3-4,9H2. The highest BCUT2D eigenvalue weighted by Gasteiger charge is 2.22. The molecule has 1 aromatic carbocycles. The number of hydrogen-bond acceptors (Lipinski definition) is 2. The Hall–Kier alpha value is -1.93. The zero-order chi connectivity index (χ0) is 10.7. The lowest BCUT2D eigenvalue weighted by molar-refractivity contribution is 0.299. The van der Waals surface area contributed by atoms with Crippen molar-refractivity contribution in [2.45, 2.75) is 12.8 Å². The summed E-state index contributed by atoms with van der Waals surface area (Å²) < 4.78 is 5.56. The van der Waals surface area contributed by atoms with Crippen LogP contribution in [0, 0.1) is 29.6 Å². The maximum atomic E-state index is 8.92. The van der Waals surface area contributed by atoms with Crippen LogP contribution in [-0.4, -0.2) is 6.61 Å². The topological polar surface area (TPSA) is 33.0 Å². The van der Waals surface area contributed by atoms with E-state index >= 15 is 0 Å². The summed E-state index contributed by atoms with van der Waals surface area (Å²) >= 11 is 0. The van der Waals surface area contributed by atoms with Gasteiger partial charge in [-0.2, -0.15) is 5.26 Å². The fourth-order valence-electron chi connectivity index (χ4n) is 1.33. The first-order chi connectivity index (χ1) is 7.33. The van der Waals surface area contributed by atoms with E-state index in [1.807, 2.05) is 0 Å². The molecule has 74 valence electrons. The summed E-state index contributed by atoms with van der Waals surface area (Å²) in [6.07, 6.45) is 7.74. The molecule has 1 aliphatic carbocycles. The third-order valence-corrected chi connectivity index (χ3v) is 2.44. The summed E-state index contributed by atoms with van der Waals surface area (Å²) in [6.45, 7) is 0.712. The zero-order valence-electron chi connectivity index (χ0n) is 8.36. The van der Waals surface area contributed by atoms with E-state index in [4.69, 9.17) is 16.4 Å². The van der Waals surface area contributed by atoms with Crippen LogP contribution in [-0.2, 0) is 0 Å². The number of nitrogens with zero attached hydrogens (tertiary/aromatic N) is 1. The van der Waals surface area contributed by atoms with Crippen LogP contribution in [0.4, 0.5) is 0 Å². The summed E-state index contributed by atoms with van der Waals surface area (Å²) in [4.78, 5) is 0. The number of benzene rings is 1. The maximum absolute atomic E-state index is 8.92. The summed E-state index contributed by atoms with van der Waals surface area (Å²) in [6, 6.07) is 7.35. The summed E-state index contributed by atoms with van der Waals surface area (Å²) in [5.41, 5.74) is 1.23. The Balaban J connectivity index is 2.15. The number of hydrogen-bond donors (Lipinski definition) is 0. The second kappa shape index (κ2) is 4.07. The fourth-order valence-corrected chi connectivity index (χ4v) is 1.33. The van der Waals surface area contributed by atoms with Gasteiger partial charge >= 0.3 is 0 Å². The van der Waals surface area contributed by atoms with E-state index in [0.717, 1.165) is 0 Å². The lowest BCUT2D eigenvalue weighted by Gasteiger charge is -2.06. The van der Waals surface area contributed by atoms with Crippen molar-refractivity contribution < 1.29 is 4.74 Å². The molecule has 0 aliphatic heterocycles. The Morgan fingerprint density at radius 3 is 2.87 bits per heavy atom. The van der Waals surface area contributed by atoms with E-state index in [1.54, 1.807) is 18.2 Å².